The largest absolute Gasteiger partial charge is 0.504 e. The number of amides is 4. The minimum atomic E-state index is -1.88. The second kappa shape index (κ2) is 11.0. The lowest BCUT2D eigenvalue weighted by Crippen LogP contribution is -2.60. The van der Waals surface area contributed by atoms with Crippen LogP contribution in [0.25, 0.3) is 28.6 Å². The Morgan fingerprint density at radius 2 is 1.73 bits per heavy atom. The van der Waals surface area contributed by atoms with Gasteiger partial charge >= 0.3 is 0 Å². The summed E-state index contributed by atoms with van der Waals surface area (Å²) in [4.78, 5) is 58.5. The van der Waals surface area contributed by atoms with Crippen LogP contribution in [0.15, 0.2) is 88.9 Å². The molecule has 2 aliphatic heterocycles. The van der Waals surface area contributed by atoms with Gasteiger partial charge in [0.1, 0.15) is 5.52 Å². The number of allylic oxidation sites excluding steroid dienone is 3. The Balaban J connectivity index is 1.15. The number of alkyl halides is 2. The number of methoxy groups -OCH3 is 1. The first-order chi connectivity index (χ1) is 23.5. The smallest absolute Gasteiger partial charge is 0.253 e. The van der Waals surface area contributed by atoms with Crippen molar-refractivity contribution in [3.05, 3.63) is 90.0 Å². The molecule has 1 aromatic heterocycles. The number of halogens is 2. The van der Waals surface area contributed by atoms with E-state index < -0.39 is 51.1 Å². The van der Waals surface area contributed by atoms with Crippen molar-refractivity contribution in [3.63, 3.8) is 0 Å². The molecule has 6 atom stereocenters. The third kappa shape index (κ3) is 4.36. The third-order valence-electron chi connectivity index (χ3n) is 10.4. The Labute approximate surface area is 290 Å². The Morgan fingerprint density at radius 3 is 2.47 bits per heavy atom. The molecule has 3 aromatic carbocycles. The van der Waals surface area contributed by atoms with Gasteiger partial charge in [-0.1, -0.05) is 42.0 Å². The molecule has 4 aliphatic rings. The van der Waals surface area contributed by atoms with Crippen LogP contribution in [0.2, 0.25) is 0 Å². The number of anilines is 1. The van der Waals surface area contributed by atoms with E-state index in [1.807, 2.05) is 30.3 Å². The third-order valence-corrected chi connectivity index (χ3v) is 11.9. The standard InChI is InChI=1S/C37H29Cl2N3O7/c1-41-34(46)36(38)18-24-22(25(37(36,39)35(41)47)15-7-19-8-16-27(43)29(17-19)48-2)13-14-23-30(24)33(45)42(32(23)44)21-11-9-20(10-12-21)31-40-26-5-3-4-6-28(26)49-31/h3-13,15-17,23-25,30,43H,14,18H2,1-2H3/t23-,24+,25-,30-,36+,37-/m0/s1. The molecular formula is C37H29Cl2N3O7. The van der Waals surface area contributed by atoms with E-state index in [9.17, 15) is 24.3 Å². The first kappa shape index (κ1) is 31.3. The Kier molecular flexibility index (Phi) is 7.07. The average molecular weight is 699 g/mol. The number of para-hydroxylation sites is 2. The van der Waals surface area contributed by atoms with Crippen molar-refractivity contribution in [2.24, 2.45) is 23.7 Å². The number of carbonyl (C=O) groups excluding carboxylic acids is 4. The van der Waals surface area contributed by atoms with Gasteiger partial charge in [0.2, 0.25) is 17.7 Å². The van der Waals surface area contributed by atoms with Crippen molar-refractivity contribution >= 4 is 69.7 Å². The van der Waals surface area contributed by atoms with Crippen molar-refractivity contribution in [2.75, 3.05) is 19.1 Å². The zero-order valence-corrected chi connectivity index (χ0v) is 27.8. The highest BCUT2D eigenvalue weighted by Crippen LogP contribution is 2.63. The van der Waals surface area contributed by atoms with Gasteiger partial charge in [0.25, 0.3) is 11.8 Å². The second-order valence-electron chi connectivity index (χ2n) is 12.9. The van der Waals surface area contributed by atoms with Gasteiger partial charge < -0.3 is 14.3 Å². The molecule has 1 N–H and O–H groups in total. The molecule has 0 spiro atoms. The highest BCUT2D eigenvalue weighted by atomic mass is 35.5. The maximum Gasteiger partial charge on any atom is 0.253 e. The minimum Gasteiger partial charge on any atom is -0.504 e. The second-order valence-corrected chi connectivity index (χ2v) is 14.1. The fraction of sp³-hybridized carbons (Fsp3) is 0.270. The van der Waals surface area contributed by atoms with Crippen LogP contribution >= 0.6 is 23.2 Å². The van der Waals surface area contributed by atoms with Gasteiger partial charge in [0.15, 0.2) is 26.8 Å². The van der Waals surface area contributed by atoms with E-state index >= 15 is 0 Å². The van der Waals surface area contributed by atoms with Gasteiger partial charge in [-0.25, -0.2) is 4.98 Å². The molecular weight excluding hydrogens is 669 g/mol. The molecule has 0 unspecified atom stereocenters. The number of likely N-dealkylation sites (tertiary alicyclic amines) is 1. The summed E-state index contributed by atoms with van der Waals surface area (Å²) >= 11 is 14.4. The van der Waals surface area contributed by atoms with Crippen molar-refractivity contribution < 1.29 is 33.4 Å². The number of imide groups is 2. The van der Waals surface area contributed by atoms with Gasteiger partial charge in [-0.3, -0.25) is 29.0 Å². The van der Waals surface area contributed by atoms with E-state index in [1.54, 1.807) is 48.6 Å². The number of phenolic OH excluding ortho intramolecular Hbond substituents is 1. The van der Waals surface area contributed by atoms with Crippen LogP contribution in [0, 0.1) is 23.7 Å². The number of phenols is 1. The molecule has 49 heavy (non-hydrogen) atoms. The summed E-state index contributed by atoms with van der Waals surface area (Å²) < 4.78 is 11.1. The van der Waals surface area contributed by atoms with Gasteiger partial charge in [-0.05, 0) is 72.9 Å². The summed E-state index contributed by atoms with van der Waals surface area (Å²) in [5.41, 5.74) is 3.77. The molecule has 8 rings (SSSR count). The SMILES string of the molecule is COc1cc(C=C[C@H]2C3=CC[C@@H]4C(=O)N(c5ccc(-c6nc7ccccc7o6)cc5)C(=O)[C@@H]4[C@@H]3C[C@@]3(Cl)C(=O)N(C)C(=O)[C@@]23Cl)ccc1O. The van der Waals surface area contributed by atoms with E-state index in [-0.39, 0.29) is 30.2 Å². The van der Waals surface area contributed by atoms with Crippen molar-refractivity contribution in [1.82, 2.24) is 9.88 Å². The molecule has 2 saturated heterocycles. The first-order valence-corrected chi connectivity index (χ1v) is 16.5. The monoisotopic (exact) mass is 697 g/mol. The number of rotatable bonds is 5. The fourth-order valence-electron chi connectivity index (χ4n) is 8.00. The predicted octanol–water partition coefficient (Wildman–Crippen LogP) is 5.95. The minimum absolute atomic E-state index is 0.0417. The molecule has 12 heteroatoms. The van der Waals surface area contributed by atoms with Gasteiger partial charge in [0.05, 0.1) is 24.6 Å². The van der Waals surface area contributed by atoms with E-state index in [2.05, 4.69) is 4.98 Å². The molecule has 0 radical (unpaired) electrons. The van der Waals surface area contributed by atoms with E-state index in [1.165, 1.54) is 25.1 Å². The van der Waals surface area contributed by atoms with E-state index in [0.29, 0.717) is 39.4 Å². The lowest BCUT2D eigenvalue weighted by Gasteiger charge is -2.49. The number of benzene rings is 3. The lowest BCUT2D eigenvalue weighted by molar-refractivity contribution is -0.138. The Morgan fingerprint density at radius 1 is 0.980 bits per heavy atom. The summed E-state index contributed by atoms with van der Waals surface area (Å²) in [6.07, 6.45) is 5.45. The van der Waals surface area contributed by atoms with Crippen LogP contribution in [0.3, 0.4) is 0 Å². The number of fused-ring (bicyclic) bond motifs is 5. The van der Waals surface area contributed by atoms with Crippen LogP contribution in [-0.4, -0.2) is 62.5 Å². The topological polar surface area (TPSA) is 130 Å². The number of carbonyl (C=O) groups is 4. The molecule has 248 valence electrons. The maximum absolute atomic E-state index is 14.3. The number of aromatic nitrogens is 1. The van der Waals surface area contributed by atoms with Crippen LogP contribution in [0.5, 0.6) is 11.5 Å². The molecule has 4 aromatic rings. The van der Waals surface area contributed by atoms with Crippen LogP contribution in [0.4, 0.5) is 5.69 Å². The number of hydrogen-bond donors (Lipinski definition) is 1. The molecule has 3 fully saturated rings. The predicted molar refractivity (Wildman–Crippen MR) is 182 cm³/mol. The quantitative estimate of drug-likeness (QED) is 0.154. The van der Waals surface area contributed by atoms with Crippen LogP contribution < -0.4 is 9.64 Å². The zero-order chi connectivity index (χ0) is 34.4. The van der Waals surface area contributed by atoms with E-state index in [4.69, 9.17) is 32.4 Å². The van der Waals surface area contributed by atoms with Crippen LogP contribution in [-0.2, 0) is 19.2 Å². The van der Waals surface area contributed by atoms with Gasteiger partial charge in [-0.2, -0.15) is 0 Å². The lowest BCUT2D eigenvalue weighted by atomic mass is 9.57. The molecule has 4 amide bonds. The molecule has 10 nitrogen and oxygen atoms in total. The van der Waals surface area contributed by atoms with Gasteiger partial charge in [-0.15, -0.1) is 23.2 Å². The number of ether oxygens (including phenoxy) is 1. The summed E-state index contributed by atoms with van der Waals surface area (Å²) in [5.74, 6) is -4.45. The summed E-state index contributed by atoms with van der Waals surface area (Å²) in [5, 5.41) is 10.1. The molecule has 2 aliphatic carbocycles. The van der Waals surface area contributed by atoms with Crippen LogP contribution in [0.1, 0.15) is 18.4 Å². The Bertz CT molecular complexity index is 2130. The summed E-state index contributed by atoms with van der Waals surface area (Å²) in [6.45, 7) is 0. The summed E-state index contributed by atoms with van der Waals surface area (Å²) in [6, 6.07) is 19.0. The maximum atomic E-state index is 14.3. The zero-order valence-electron chi connectivity index (χ0n) is 26.3. The molecule has 0 bridgehead atoms. The van der Waals surface area contributed by atoms with Crippen molar-refractivity contribution in [1.29, 1.82) is 0 Å². The average Bonchev–Trinajstić information content (AvgIpc) is 3.69. The fourth-order valence-corrected chi connectivity index (χ4v) is 8.98. The van der Waals surface area contributed by atoms with Crippen molar-refractivity contribution in [3.8, 4) is 23.0 Å². The number of hydrogen-bond acceptors (Lipinski definition) is 8. The van der Waals surface area contributed by atoms with Crippen molar-refractivity contribution in [2.45, 2.75) is 22.6 Å². The Hall–Kier alpha value is -4.93. The van der Waals surface area contributed by atoms with E-state index in [0.717, 1.165) is 4.90 Å². The van der Waals surface area contributed by atoms with Gasteiger partial charge in [0, 0.05) is 18.5 Å². The molecule has 3 heterocycles. The highest BCUT2D eigenvalue weighted by molar-refractivity contribution is 6.53. The number of oxazole rings is 1. The molecule has 1 saturated carbocycles. The highest BCUT2D eigenvalue weighted by Gasteiger charge is 2.75. The first-order valence-electron chi connectivity index (χ1n) is 15.8. The number of nitrogens with zero attached hydrogens (tertiary/aromatic N) is 3. The summed E-state index contributed by atoms with van der Waals surface area (Å²) in [7, 11) is 2.78. The number of aromatic hydroxyl groups is 1. The normalized spacial score (nSPS) is 29.4.